The highest BCUT2D eigenvalue weighted by Gasteiger charge is 2.37. The average molecular weight is 254 g/mol. The van der Waals surface area contributed by atoms with Crippen LogP contribution in [0.1, 0.15) is 65.2 Å². The third-order valence-corrected chi connectivity index (χ3v) is 5.38. The lowest BCUT2D eigenvalue weighted by Crippen LogP contribution is -2.45. The Morgan fingerprint density at radius 2 is 1.72 bits per heavy atom. The molecule has 0 unspecified atom stereocenters. The summed E-state index contributed by atoms with van der Waals surface area (Å²) in [6.07, 6.45) is 11.0. The molecule has 0 spiro atoms. The van der Waals surface area contributed by atoms with E-state index in [2.05, 4.69) is 13.8 Å². The van der Waals surface area contributed by atoms with Gasteiger partial charge in [-0.1, -0.05) is 33.1 Å². The molecule has 0 amide bonds. The van der Waals surface area contributed by atoms with Crippen molar-refractivity contribution in [1.82, 2.24) is 0 Å². The first-order valence-electron chi connectivity index (χ1n) is 7.90. The minimum Gasteiger partial charge on any atom is -0.381 e. The van der Waals surface area contributed by atoms with Gasteiger partial charge in [-0.2, -0.15) is 0 Å². The maximum absolute atomic E-state index is 5.85. The van der Waals surface area contributed by atoms with Crippen molar-refractivity contribution >= 4 is 0 Å². The Morgan fingerprint density at radius 3 is 2.17 bits per heavy atom. The maximum atomic E-state index is 5.85. The molecule has 0 radical (unpaired) electrons. The summed E-state index contributed by atoms with van der Waals surface area (Å²) in [5.74, 6) is 0. The van der Waals surface area contributed by atoms with Crippen LogP contribution in [0.25, 0.3) is 0 Å². The summed E-state index contributed by atoms with van der Waals surface area (Å²) in [7, 11) is 0. The highest BCUT2D eigenvalue weighted by atomic mass is 16.5. The van der Waals surface area contributed by atoms with Gasteiger partial charge in [-0.15, -0.1) is 0 Å². The van der Waals surface area contributed by atoms with E-state index in [0.717, 1.165) is 31.8 Å². The van der Waals surface area contributed by atoms with Crippen LogP contribution < -0.4 is 0 Å². The lowest BCUT2D eigenvalue weighted by atomic mass is 9.64. The molecule has 0 N–H and O–H groups in total. The number of rotatable bonds is 9. The molecule has 0 atom stereocenters. The van der Waals surface area contributed by atoms with Gasteiger partial charge in [-0.05, 0) is 37.5 Å². The van der Waals surface area contributed by atoms with Gasteiger partial charge in [0.1, 0.15) is 0 Å². The Morgan fingerprint density at radius 1 is 1.00 bits per heavy atom. The van der Waals surface area contributed by atoms with Gasteiger partial charge in [0.25, 0.3) is 0 Å². The molecule has 18 heavy (non-hydrogen) atoms. The van der Waals surface area contributed by atoms with Crippen LogP contribution in [0.15, 0.2) is 0 Å². The molecule has 0 aromatic carbocycles. The van der Waals surface area contributed by atoms with Gasteiger partial charge < -0.3 is 9.47 Å². The first kappa shape index (κ1) is 14.3. The summed E-state index contributed by atoms with van der Waals surface area (Å²) < 4.78 is 11.2. The molecule has 0 aromatic rings. The van der Waals surface area contributed by atoms with E-state index in [1.807, 2.05) is 0 Å². The highest BCUT2D eigenvalue weighted by Crippen LogP contribution is 2.47. The molecule has 0 aromatic heterocycles. The Balaban J connectivity index is 1.49. The normalized spacial score (nSPS) is 24.3. The predicted octanol–water partition coefficient (Wildman–Crippen LogP) is 4.18. The van der Waals surface area contributed by atoms with Crippen molar-refractivity contribution in [2.45, 2.75) is 65.2 Å². The Kier molecular flexibility index (Phi) is 5.08. The Labute approximate surface area is 112 Å². The summed E-state index contributed by atoms with van der Waals surface area (Å²) in [6.45, 7) is 8.26. The second kappa shape index (κ2) is 6.38. The first-order valence-corrected chi connectivity index (χ1v) is 7.90. The molecule has 106 valence electrons. The van der Waals surface area contributed by atoms with E-state index in [1.165, 1.54) is 51.4 Å². The summed E-state index contributed by atoms with van der Waals surface area (Å²) in [6, 6.07) is 0. The van der Waals surface area contributed by atoms with Crippen LogP contribution in [-0.4, -0.2) is 26.4 Å². The van der Waals surface area contributed by atoms with Crippen molar-refractivity contribution in [3.63, 3.8) is 0 Å². The van der Waals surface area contributed by atoms with Gasteiger partial charge in [0.05, 0.1) is 19.8 Å². The smallest absolute Gasteiger partial charge is 0.0566 e. The van der Waals surface area contributed by atoms with Crippen molar-refractivity contribution in [2.24, 2.45) is 10.8 Å². The minimum atomic E-state index is 0.360. The van der Waals surface area contributed by atoms with E-state index < -0.39 is 0 Å². The highest BCUT2D eigenvalue weighted by molar-refractivity contribution is 4.86. The van der Waals surface area contributed by atoms with E-state index in [0.29, 0.717) is 5.41 Å². The fraction of sp³-hybridized carbons (Fsp3) is 1.00. The van der Waals surface area contributed by atoms with Crippen LogP contribution >= 0.6 is 0 Å². The van der Waals surface area contributed by atoms with Gasteiger partial charge in [0.15, 0.2) is 0 Å². The fourth-order valence-electron chi connectivity index (χ4n) is 3.23. The number of hydrogen-bond donors (Lipinski definition) is 0. The first-order chi connectivity index (χ1) is 8.74. The molecular weight excluding hydrogens is 224 g/mol. The molecule has 2 nitrogen and oxygen atoms in total. The quantitative estimate of drug-likeness (QED) is 0.575. The zero-order valence-corrected chi connectivity index (χ0v) is 12.3. The van der Waals surface area contributed by atoms with Crippen LogP contribution in [0.5, 0.6) is 0 Å². The van der Waals surface area contributed by atoms with Crippen LogP contribution in [0.3, 0.4) is 0 Å². The van der Waals surface area contributed by atoms with Crippen molar-refractivity contribution in [3.8, 4) is 0 Å². The van der Waals surface area contributed by atoms with Crippen LogP contribution in [0.2, 0.25) is 0 Å². The summed E-state index contributed by atoms with van der Waals surface area (Å²) >= 11 is 0. The standard InChI is InChI=1S/C16H30O2/c1-3-15(9-7-10-15)8-5-6-11-17-12-16(4-2)13-18-14-16/h3-14H2,1-2H3. The third-order valence-electron chi connectivity index (χ3n) is 5.38. The Bertz CT molecular complexity index is 204. The van der Waals surface area contributed by atoms with E-state index in [1.54, 1.807) is 0 Å². The van der Waals surface area contributed by atoms with Gasteiger partial charge >= 0.3 is 0 Å². The summed E-state index contributed by atoms with van der Waals surface area (Å²) in [5, 5.41) is 0. The van der Waals surface area contributed by atoms with Crippen molar-refractivity contribution in [2.75, 3.05) is 26.4 Å². The van der Waals surface area contributed by atoms with Crippen LogP contribution in [0, 0.1) is 10.8 Å². The molecule has 0 bridgehead atoms. The molecule has 2 rings (SSSR count). The largest absolute Gasteiger partial charge is 0.381 e. The van der Waals surface area contributed by atoms with Crippen molar-refractivity contribution in [3.05, 3.63) is 0 Å². The van der Waals surface area contributed by atoms with E-state index in [9.17, 15) is 0 Å². The topological polar surface area (TPSA) is 18.5 Å². The molecule has 1 saturated heterocycles. The predicted molar refractivity (Wildman–Crippen MR) is 74.8 cm³/mol. The maximum Gasteiger partial charge on any atom is 0.0566 e. The zero-order chi connectivity index (χ0) is 12.9. The van der Waals surface area contributed by atoms with E-state index in [4.69, 9.17) is 9.47 Å². The fourth-order valence-corrected chi connectivity index (χ4v) is 3.23. The zero-order valence-electron chi connectivity index (χ0n) is 12.3. The van der Waals surface area contributed by atoms with Gasteiger partial charge in [0.2, 0.25) is 0 Å². The second-order valence-electron chi connectivity index (χ2n) is 6.56. The van der Waals surface area contributed by atoms with Crippen LogP contribution in [-0.2, 0) is 9.47 Å². The lowest BCUT2D eigenvalue weighted by Gasteiger charge is -2.42. The van der Waals surface area contributed by atoms with Crippen molar-refractivity contribution < 1.29 is 9.47 Å². The molecule has 1 saturated carbocycles. The number of ether oxygens (including phenoxy) is 2. The second-order valence-corrected chi connectivity index (χ2v) is 6.56. The monoisotopic (exact) mass is 254 g/mol. The molecule has 2 fully saturated rings. The molecule has 1 heterocycles. The van der Waals surface area contributed by atoms with Gasteiger partial charge in [-0.3, -0.25) is 0 Å². The molecule has 2 heteroatoms. The minimum absolute atomic E-state index is 0.360. The third kappa shape index (κ3) is 3.27. The molecule has 1 aliphatic heterocycles. The lowest BCUT2D eigenvalue weighted by molar-refractivity contribution is -0.150. The van der Waals surface area contributed by atoms with E-state index >= 15 is 0 Å². The summed E-state index contributed by atoms with van der Waals surface area (Å²) in [5.41, 5.74) is 1.09. The number of unbranched alkanes of at least 4 members (excludes halogenated alkanes) is 1. The molecule has 2 aliphatic rings. The Hall–Kier alpha value is -0.0800. The van der Waals surface area contributed by atoms with Gasteiger partial charge in [0, 0.05) is 12.0 Å². The molecular formula is C16H30O2. The van der Waals surface area contributed by atoms with E-state index in [-0.39, 0.29) is 0 Å². The van der Waals surface area contributed by atoms with Crippen LogP contribution in [0.4, 0.5) is 0 Å². The van der Waals surface area contributed by atoms with Crippen molar-refractivity contribution in [1.29, 1.82) is 0 Å². The number of hydrogen-bond acceptors (Lipinski definition) is 2. The molecule has 1 aliphatic carbocycles. The summed E-state index contributed by atoms with van der Waals surface area (Å²) in [4.78, 5) is 0. The SMILES string of the molecule is CCC1(CCCCOCC2(CC)COC2)CCC1. The average Bonchev–Trinajstić information content (AvgIpc) is 2.29. The van der Waals surface area contributed by atoms with Gasteiger partial charge in [-0.25, -0.2) is 0 Å².